The van der Waals surface area contributed by atoms with Crippen LogP contribution in [0.2, 0.25) is 0 Å². The highest BCUT2D eigenvalue weighted by atomic mass is 32.2. The van der Waals surface area contributed by atoms with Gasteiger partial charge >= 0.3 is 0 Å². The minimum absolute atomic E-state index is 0.127. The summed E-state index contributed by atoms with van der Waals surface area (Å²) in [7, 11) is 0. The molecule has 3 rings (SSSR count). The molecule has 0 saturated carbocycles. The maximum Gasteiger partial charge on any atom is 0.293 e. The number of carbonyl (C=O) groups is 1. The Hall–Kier alpha value is -2.65. The predicted octanol–water partition coefficient (Wildman–Crippen LogP) is 3.44. The molecule has 0 radical (unpaired) electrons. The van der Waals surface area contributed by atoms with E-state index in [9.17, 15) is 4.79 Å². The van der Waals surface area contributed by atoms with Crippen LogP contribution in [0, 0.1) is 20.8 Å². The third-order valence-corrected chi connectivity index (χ3v) is 4.86. The summed E-state index contributed by atoms with van der Waals surface area (Å²) in [6, 6.07) is 9.41. The summed E-state index contributed by atoms with van der Waals surface area (Å²) in [6.07, 6.45) is 1.88. The Morgan fingerprint density at radius 2 is 1.93 bits per heavy atom. The highest BCUT2D eigenvalue weighted by molar-refractivity contribution is 7.98. The van der Waals surface area contributed by atoms with Gasteiger partial charge in [-0.3, -0.25) is 15.5 Å². The van der Waals surface area contributed by atoms with E-state index in [2.05, 4.69) is 20.9 Å². The van der Waals surface area contributed by atoms with Crippen molar-refractivity contribution in [1.82, 2.24) is 20.2 Å². The van der Waals surface area contributed by atoms with Gasteiger partial charge in [-0.15, -0.1) is 10.2 Å². The number of amides is 1. The fraction of sp³-hybridized carbons (Fsp3) is 0.222. The van der Waals surface area contributed by atoms with E-state index in [0.717, 1.165) is 11.1 Å². The molecule has 0 saturated heterocycles. The molecule has 27 heavy (non-hydrogen) atoms. The number of nitrogens with one attached hydrogen (secondary N) is 2. The van der Waals surface area contributed by atoms with E-state index in [1.54, 1.807) is 23.7 Å². The molecule has 2 heterocycles. The highest BCUT2D eigenvalue weighted by Gasteiger charge is 2.15. The second-order valence-electron chi connectivity index (χ2n) is 5.93. The first-order chi connectivity index (χ1) is 12.9. The summed E-state index contributed by atoms with van der Waals surface area (Å²) in [5.41, 5.74) is 6.17. The number of thiocarbonyl (C=S) groups is 1. The van der Waals surface area contributed by atoms with Gasteiger partial charge < -0.3 is 4.42 Å². The van der Waals surface area contributed by atoms with E-state index in [0.29, 0.717) is 16.7 Å². The van der Waals surface area contributed by atoms with Crippen LogP contribution in [0.3, 0.4) is 0 Å². The molecule has 140 valence electrons. The zero-order chi connectivity index (χ0) is 19.6. The molecule has 0 bridgehead atoms. The van der Waals surface area contributed by atoms with E-state index in [-0.39, 0.29) is 10.9 Å². The van der Waals surface area contributed by atoms with Crippen molar-refractivity contribution in [2.24, 2.45) is 0 Å². The van der Waals surface area contributed by atoms with Crippen LogP contribution in [-0.2, 0) is 0 Å². The quantitative estimate of drug-likeness (QED) is 0.512. The first-order valence-electron chi connectivity index (χ1n) is 8.15. The van der Waals surface area contributed by atoms with E-state index in [1.165, 1.54) is 17.3 Å². The normalized spacial score (nSPS) is 10.7. The second kappa shape index (κ2) is 7.93. The van der Waals surface area contributed by atoms with Gasteiger partial charge in [-0.05, 0) is 68.6 Å². The van der Waals surface area contributed by atoms with E-state index in [1.807, 2.05) is 38.3 Å². The minimum Gasteiger partial charge on any atom is -0.451 e. The molecule has 2 N–H and O–H groups in total. The van der Waals surface area contributed by atoms with Gasteiger partial charge in [0.2, 0.25) is 5.16 Å². The monoisotopic (exact) mass is 401 g/mol. The van der Waals surface area contributed by atoms with Gasteiger partial charge in [0, 0.05) is 5.56 Å². The van der Waals surface area contributed by atoms with Gasteiger partial charge in [-0.25, -0.2) is 4.68 Å². The number of carbonyl (C=O) groups excluding carboxylic acids is 1. The fourth-order valence-electron chi connectivity index (χ4n) is 2.41. The lowest BCUT2D eigenvalue weighted by atomic mass is 10.1. The number of nitrogens with zero attached hydrogens (tertiary/aromatic N) is 3. The third kappa shape index (κ3) is 4.20. The van der Waals surface area contributed by atoms with Gasteiger partial charge in [0.05, 0.1) is 0 Å². The molecule has 0 atom stereocenters. The van der Waals surface area contributed by atoms with Crippen LogP contribution >= 0.6 is 24.0 Å². The van der Waals surface area contributed by atoms with Gasteiger partial charge in [0.15, 0.2) is 10.9 Å². The van der Waals surface area contributed by atoms with Crippen molar-refractivity contribution in [2.75, 3.05) is 11.7 Å². The van der Waals surface area contributed by atoms with Gasteiger partial charge in [-0.1, -0.05) is 23.9 Å². The van der Waals surface area contributed by atoms with E-state index < -0.39 is 5.91 Å². The minimum atomic E-state index is -0.431. The molecular formula is C18H19N5O2S2. The van der Waals surface area contributed by atoms with Crippen LogP contribution in [-0.4, -0.2) is 32.1 Å². The zero-order valence-corrected chi connectivity index (χ0v) is 17.0. The number of hydrogen-bond acceptors (Lipinski definition) is 6. The SMILES string of the molecule is CSc1nnc(C)n1NC(=S)NC(=O)c1ccc(-c2ccc(C)c(C)c2)o1. The molecule has 0 aliphatic rings. The molecule has 1 amide bonds. The van der Waals surface area contributed by atoms with Crippen LogP contribution in [0.25, 0.3) is 11.3 Å². The van der Waals surface area contributed by atoms with Crippen molar-refractivity contribution < 1.29 is 9.21 Å². The largest absolute Gasteiger partial charge is 0.451 e. The molecule has 0 aliphatic heterocycles. The van der Waals surface area contributed by atoms with Crippen molar-refractivity contribution >= 4 is 35.0 Å². The molecule has 1 aromatic carbocycles. The van der Waals surface area contributed by atoms with Crippen LogP contribution in [0.5, 0.6) is 0 Å². The summed E-state index contributed by atoms with van der Waals surface area (Å²) < 4.78 is 7.30. The summed E-state index contributed by atoms with van der Waals surface area (Å²) in [6.45, 7) is 5.87. The number of benzene rings is 1. The summed E-state index contributed by atoms with van der Waals surface area (Å²) in [4.78, 5) is 12.4. The highest BCUT2D eigenvalue weighted by Crippen LogP contribution is 2.24. The Bertz CT molecular complexity index is 1010. The molecular weight excluding hydrogens is 382 g/mol. The lowest BCUT2D eigenvalue weighted by Gasteiger charge is -2.11. The van der Waals surface area contributed by atoms with Crippen molar-refractivity contribution in [1.29, 1.82) is 0 Å². The summed E-state index contributed by atoms with van der Waals surface area (Å²) in [5, 5.41) is 11.3. The zero-order valence-electron chi connectivity index (χ0n) is 15.4. The van der Waals surface area contributed by atoms with Gasteiger partial charge in [-0.2, -0.15) is 0 Å². The molecule has 7 nitrogen and oxygen atoms in total. The van der Waals surface area contributed by atoms with Crippen molar-refractivity contribution in [3.8, 4) is 11.3 Å². The number of aryl methyl sites for hydroxylation is 3. The molecule has 9 heteroatoms. The average Bonchev–Trinajstić information content (AvgIpc) is 3.25. The average molecular weight is 402 g/mol. The van der Waals surface area contributed by atoms with Crippen LogP contribution in [0.15, 0.2) is 39.9 Å². The Balaban J connectivity index is 1.69. The Morgan fingerprint density at radius 1 is 1.15 bits per heavy atom. The third-order valence-electron chi connectivity index (χ3n) is 4.04. The number of furan rings is 1. The van der Waals surface area contributed by atoms with Crippen LogP contribution in [0.1, 0.15) is 27.5 Å². The first kappa shape index (κ1) is 19.1. The number of aromatic nitrogens is 3. The van der Waals surface area contributed by atoms with Gasteiger partial charge in [0.25, 0.3) is 5.91 Å². The molecule has 2 aromatic heterocycles. The molecule has 0 spiro atoms. The molecule has 3 aromatic rings. The summed E-state index contributed by atoms with van der Waals surface area (Å²) in [5.74, 6) is 1.00. The summed E-state index contributed by atoms with van der Waals surface area (Å²) >= 11 is 6.62. The lowest BCUT2D eigenvalue weighted by Crippen LogP contribution is -2.38. The molecule has 0 unspecified atom stereocenters. The number of thioether (sulfide) groups is 1. The van der Waals surface area contributed by atoms with E-state index in [4.69, 9.17) is 16.6 Å². The maximum atomic E-state index is 12.4. The second-order valence-corrected chi connectivity index (χ2v) is 7.11. The topological polar surface area (TPSA) is 85.0 Å². The Labute approximate surface area is 166 Å². The van der Waals surface area contributed by atoms with E-state index >= 15 is 0 Å². The Kier molecular flexibility index (Phi) is 5.62. The fourth-order valence-corrected chi connectivity index (χ4v) is 3.07. The standard InChI is InChI=1S/C18H19N5O2S2/c1-10-5-6-13(9-11(10)2)14-7-8-15(25-14)16(24)19-17(26)22-23-12(3)20-21-18(23)27-4/h5-9H,1-4H3,(H2,19,22,24,26). The number of hydrogen-bond donors (Lipinski definition) is 2. The van der Waals surface area contributed by atoms with Crippen molar-refractivity contribution in [3.63, 3.8) is 0 Å². The van der Waals surface area contributed by atoms with Crippen molar-refractivity contribution in [3.05, 3.63) is 53.0 Å². The first-order valence-corrected chi connectivity index (χ1v) is 9.78. The maximum absolute atomic E-state index is 12.4. The number of rotatable bonds is 4. The predicted molar refractivity (Wildman–Crippen MR) is 110 cm³/mol. The Morgan fingerprint density at radius 3 is 2.63 bits per heavy atom. The van der Waals surface area contributed by atoms with Gasteiger partial charge in [0.1, 0.15) is 11.6 Å². The van der Waals surface area contributed by atoms with Crippen molar-refractivity contribution in [2.45, 2.75) is 25.9 Å². The lowest BCUT2D eigenvalue weighted by molar-refractivity contribution is 0.0951. The van der Waals surface area contributed by atoms with Crippen LogP contribution in [0.4, 0.5) is 0 Å². The smallest absolute Gasteiger partial charge is 0.293 e. The molecule has 0 aliphatic carbocycles. The van der Waals surface area contributed by atoms with Crippen LogP contribution < -0.4 is 10.7 Å². The molecule has 0 fully saturated rings.